The van der Waals surface area contributed by atoms with Crippen LogP contribution in [0.5, 0.6) is 0 Å². The molecule has 7 heteroatoms. The molecule has 3 heterocycles. The summed E-state index contributed by atoms with van der Waals surface area (Å²) in [5, 5.41) is 8.18. The highest BCUT2D eigenvalue weighted by molar-refractivity contribution is 5.74. The maximum Gasteiger partial charge on any atom is 0.240 e. The van der Waals surface area contributed by atoms with Gasteiger partial charge in [-0.25, -0.2) is 0 Å². The van der Waals surface area contributed by atoms with Crippen molar-refractivity contribution in [1.29, 1.82) is 0 Å². The summed E-state index contributed by atoms with van der Waals surface area (Å²) in [6.45, 7) is 4.31. The molecule has 1 saturated carbocycles. The van der Waals surface area contributed by atoms with Gasteiger partial charge in [0.1, 0.15) is 17.6 Å². The van der Waals surface area contributed by atoms with Crippen molar-refractivity contribution in [2.45, 2.75) is 44.8 Å². The number of carbonyl (C=O) groups is 1. The molecule has 2 unspecified atom stereocenters. The number of aromatic nitrogens is 2. The first kappa shape index (κ1) is 17.0. The van der Waals surface area contributed by atoms with Crippen molar-refractivity contribution in [1.82, 2.24) is 15.1 Å². The van der Waals surface area contributed by atoms with E-state index in [0.717, 1.165) is 11.5 Å². The Morgan fingerprint density at radius 3 is 2.77 bits per heavy atom. The van der Waals surface area contributed by atoms with Gasteiger partial charge in [0.2, 0.25) is 17.7 Å². The summed E-state index contributed by atoms with van der Waals surface area (Å²) in [4.78, 5) is 13.6. The van der Waals surface area contributed by atoms with E-state index in [1.807, 2.05) is 18.2 Å². The molecule has 1 saturated heterocycles. The van der Waals surface area contributed by atoms with E-state index in [2.05, 4.69) is 17.1 Å². The fourth-order valence-electron chi connectivity index (χ4n) is 3.53. The summed E-state index contributed by atoms with van der Waals surface area (Å²) < 4.78 is 17.0. The van der Waals surface area contributed by atoms with Gasteiger partial charge in [-0.1, -0.05) is 6.92 Å². The van der Waals surface area contributed by atoms with Crippen LogP contribution in [0.15, 0.2) is 21.0 Å². The smallest absolute Gasteiger partial charge is 0.240 e. The Morgan fingerprint density at radius 1 is 1.27 bits per heavy atom. The highest BCUT2D eigenvalue weighted by Gasteiger charge is 2.38. The van der Waals surface area contributed by atoms with Gasteiger partial charge in [-0.05, 0) is 30.5 Å². The van der Waals surface area contributed by atoms with Gasteiger partial charge in [0.15, 0.2) is 0 Å². The van der Waals surface area contributed by atoms with Crippen molar-refractivity contribution < 1.29 is 18.4 Å². The van der Waals surface area contributed by atoms with Crippen LogP contribution >= 0.6 is 0 Å². The summed E-state index contributed by atoms with van der Waals surface area (Å²) in [7, 11) is 1.65. The van der Waals surface area contributed by atoms with Crippen molar-refractivity contribution in [3.8, 4) is 0 Å². The number of methoxy groups -OCH3 is 1. The van der Waals surface area contributed by atoms with Gasteiger partial charge >= 0.3 is 0 Å². The van der Waals surface area contributed by atoms with Crippen LogP contribution in [0.2, 0.25) is 0 Å². The van der Waals surface area contributed by atoms with Crippen LogP contribution in [0.4, 0.5) is 0 Å². The van der Waals surface area contributed by atoms with E-state index < -0.39 is 0 Å². The zero-order valence-corrected chi connectivity index (χ0v) is 15.2. The number of likely N-dealkylation sites (tertiary alicyclic amines) is 1. The van der Waals surface area contributed by atoms with Crippen LogP contribution in [0.3, 0.4) is 0 Å². The van der Waals surface area contributed by atoms with Crippen molar-refractivity contribution >= 4 is 18.1 Å². The standard InChI is InChI=1S/C19H23N3O4/c1-11-8-15(11)17-6-4-13(25-17)5-7-18-20-21-19(26-18)16-9-14(24-3)10-22(16)12(2)23/h4-7,11,14-16H,8-10H2,1-3H3/b7-5+/t11?,14-,15?,16+/m0/s1. The van der Waals surface area contributed by atoms with Gasteiger partial charge in [0, 0.05) is 39.0 Å². The molecule has 2 fully saturated rings. The number of ether oxygens (including phenoxy) is 1. The number of rotatable bonds is 5. The van der Waals surface area contributed by atoms with Crippen molar-refractivity contribution in [3.63, 3.8) is 0 Å². The molecular weight excluding hydrogens is 334 g/mol. The molecule has 4 rings (SSSR count). The fraction of sp³-hybridized carbons (Fsp3) is 0.526. The topological polar surface area (TPSA) is 81.6 Å². The van der Waals surface area contributed by atoms with E-state index in [4.69, 9.17) is 13.6 Å². The molecule has 0 bridgehead atoms. The molecule has 1 aliphatic heterocycles. The molecule has 0 spiro atoms. The number of nitrogens with zero attached hydrogens (tertiary/aromatic N) is 3. The Hall–Kier alpha value is -2.41. The third-order valence-electron chi connectivity index (χ3n) is 5.25. The summed E-state index contributed by atoms with van der Waals surface area (Å²) >= 11 is 0. The molecule has 7 nitrogen and oxygen atoms in total. The van der Waals surface area contributed by atoms with E-state index in [0.29, 0.717) is 36.6 Å². The highest BCUT2D eigenvalue weighted by Crippen LogP contribution is 2.47. The van der Waals surface area contributed by atoms with Crippen molar-refractivity contribution in [2.75, 3.05) is 13.7 Å². The lowest BCUT2D eigenvalue weighted by Crippen LogP contribution is -2.29. The predicted molar refractivity (Wildman–Crippen MR) is 94.0 cm³/mol. The van der Waals surface area contributed by atoms with Gasteiger partial charge < -0.3 is 18.5 Å². The predicted octanol–water partition coefficient (Wildman–Crippen LogP) is 3.26. The summed E-state index contributed by atoms with van der Waals surface area (Å²) in [6, 6.07) is 3.74. The van der Waals surface area contributed by atoms with Crippen LogP contribution in [-0.2, 0) is 9.53 Å². The second kappa shape index (κ2) is 6.72. The SMILES string of the molecule is CO[C@H]1C[C@H](c2nnc(/C=C/c3ccc(C4CC4C)o3)o2)N(C(C)=O)C1. The Kier molecular flexibility index (Phi) is 4.40. The van der Waals surface area contributed by atoms with E-state index in [1.54, 1.807) is 18.1 Å². The van der Waals surface area contributed by atoms with E-state index in [9.17, 15) is 4.79 Å². The maximum absolute atomic E-state index is 11.8. The zero-order chi connectivity index (χ0) is 18.3. The fourth-order valence-corrected chi connectivity index (χ4v) is 3.53. The van der Waals surface area contributed by atoms with Crippen LogP contribution < -0.4 is 0 Å². The van der Waals surface area contributed by atoms with Crippen LogP contribution in [0.25, 0.3) is 12.2 Å². The van der Waals surface area contributed by atoms with Gasteiger partial charge in [-0.3, -0.25) is 4.79 Å². The lowest BCUT2D eigenvalue weighted by molar-refractivity contribution is -0.130. The average molecular weight is 357 g/mol. The van der Waals surface area contributed by atoms with Gasteiger partial charge in [-0.2, -0.15) is 0 Å². The van der Waals surface area contributed by atoms with Gasteiger partial charge in [0.25, 0.3) is 0 Å². The van der Waals surface area contributed by atoms with Gasteiger partial charge in [-0.15, -0.1) is 10.2 Å². The molecule has 0 aromatic carbocycles. The quantitative estimate of drug-likeness (QED) is 0.817. The summed E-state index contributed by atoms with van der Waals surface area (Å²) in [5.74, 6) is 3.88. The monoisotopic (exact) mass is 357 g/mol. The minimum Gasteiger partial charge on any atom is -0.461 e. The second-order valence-corrected chi connectivity index (χ2v) is 7.15. The van der Waals surface area contributed by atoms with E-state index in [1.165, 1.54) is 13.3 Å². The lowest BCUT2D eigenvalue weighted by atomic mass is 10.2. The minimum atomic E-state index is -0.237. The minimum absolute atomic E-state index is 0.0128. The molecule has 0 radical (unpaired) electrons. The molecule has 0 N–H and O–H groups in total. The number of hydrogen-bond donors (Lipinski definition) is 0. The van der Waals surface area contributed by atoms with E-state index in [-0.39, 0.29) is 18.1 Å². The van der Waals surface area contributed by atoms with Crippen LogP contribution in [0.1, 0.15) is 62.0 Å². The largest absolute Gasteiger partial charge is 0.461 e. The molecule has 2 aromatic heterocycles. The van der Waals surface area contributed by atoms with E-state index >= 15 is 0 Å². The molecule has 4 atom stereocenters. The Morgan fingerprint density at radius 2 is 2.08 bits per heavy atom. The first-order valence-electron chi connectivity index (χ1n) is 8.96. The number of amides is 1. The third kappa shape index (κ3) is 3.31. The number of carbonyl (C=O) groups excluding carboxylic acids is 1. The van der Waals surface area contributed by atoms with Crippen molar-refractivity contribution in [2.24, 2.45) is 5.92 Å². The Bertz CT molecular complexity index is 824. The number of furan rings is 1. The molecule has 1 amide bonds. The Labute approximate surface area is 152 Å². The van der Waals surface area contributed by atoms with Crippen molar-refractivity contribution in [3.05, 3.63) is 35.4 Å². The number of hydrogen-bond acceptors (Lipinski definition) is 6. The lowest BCUT2D eigenvalue weighted by Gasteiger charge is -2.19. The zero-order valence-electron chi connectivity index (χ0n) is 15.2. The Balaban J connectivity index is 1.45. The molecule has 138 valence electrons. The van der Waals surface area contributed by atoms with Crippen LogP contribution in [-0.4, -0.2) is 40.8 Å². The van der Waals surface area contributed by atoms with Crippen LogP contribution in [0, 0.1) is 5.92 Å². The first-order chi connectivity index (χ1) is 12.5. The molecule has 2 aromatic rings. The third-order valence-corrected chi connectivity index (χ3v) is 5.25. The van der Waals surface area contributed by atoms with Gasteiger partial charge in [0.05, 0.1) is 6.10 Å². The molecular formula is C19H23N3O4. The average Bonchev–Trinajstić information content (AvgIpc) is 3.10. The maximum atomic E-state index is 11.8. The molecule has 1 aliphatic carbocycles. The second-order valence-electron chi connectivity index (χ2n) is 7.15. The molecule has 2 aliphatic rings. The summed E-state index contributed by atoms with van der Waals surface area (Å²) in [5.41, 5.74) is 0. The highest BCUT2D eigenvalue weighted by atomic mass is 16.5. The summed E-state index contributed by atoms with van der Waals surface area (Å²) in [6.07, 6.45) is 5.39. The first-order valence-corrected chi connectivity index (χ1v) is 8.96. The normalized spacial score (nSPS) is 28.2. The molecule has 26 heavy (non-hydrogen) atoms.